The fourth-order valence-electron chi connectivity index (χ4n) is 1.76. The quantitative estimate of drug-likeness (QED) is 0.903. The molecule has 106 valence electrons. The van der Waals surface area contributed by atoms with E-state index in [-0.39, 0.29) is 18.3 Å². The van der Waals surface area contributed by atoms with Crippen LogP contribution in [-0.4, -0.2) is 26.1 Å². The zero-order valence-electron chi connectivity index (χ0n) is 11.4. The average Bonchev–Trinajstić information content (AvgIpc) is 2.82. The number of nitrogens with one attached hydrogen (secondary N) is 1. The first-order chi connectivity index (χ1) is 9.60. The summed E-state index contributed by atoms with van der Waals surface area (Å²) < 4.78 is 14.8. The van der Waals surface area contributed by atoms with E-state index in [1.807, 2.05) is 6.92 Å². The number of aryl methyl sites for hydroxylation is 2. The number of anilines is 1. The Morgan fingerprint density at radius 3 is 2.95 bits per heavy atom. The largest absolute Gasteiger partial charge is 0.324 e. The summed E-state index contributed by atoms with van der Waals surface area (Å²) in [5.74, 6) is 0.0209. The zero-order chi connectivity index (χ0) is 14.5. The number of rotatable bonds is 5. The summed E-state index contributed by atoms with van der Waals surface area (Å²) in [6.07, 6.45) is 1.60. The lowest BCUT2D eigenvalue weighted by atomic mass is 10.2. The van der Waals surface area contributed by atoms with Crippen molar-refractivity contribution in [1.29, 1.82) is 0 Å². The molecule has 7 heteroatoms. The Hall–Kier alpha value is -2.31. The molecule has 2 aromatic rings. The van der Waals surface area contributed by atoms with Crippen molar-refractivity contribution in [2.75, 3.05) is 5.32 Å². The van der Waals surface area contributed by atoms with Gasteiger partial charge < -0.3 is 5.32 Å². The molecule has 2 rings (SSSR count). The molecule has 1 heterocycles. The molecule has 1 aromatic heterocycles. The first-order valence-corrected chi connectivity index (χ1v) is 6.41. The topological polar surface area (TPSA) is 72.7 Å². The molecule has 0 fully saturated rings. The Balaban J connectivity index is 2.01. The van der Waals surface area contributed by atoms with E-state index in [4.69, 9.17) is 0 Å². The second-order valence-corrected chi connectivity index (χ2v) is 4.51. The molecule has 0 saturated carbocycles. The molecule has 20 heavy (non-hydrogen) atoms. The highest BCUT2D eigenvalue weighted by molar-refractivity contribution is 5.90. The van der Waals surface area contributed by atoms with Gasteiger partial charge in [0.25, 0.3) is 0 Å². The number of tetrazole rings is 1. The van der Waals surface area contributed by atoms with Crippen LogP contribution in [0.3, 0.4) is 0 Å². The Morgan fingerprint density at radius 1 is 1.45 bits per heavy atom. The number of hydrogen-bond acceptors (Lipinski definition) is 4. The van der Waals surface area contributed by atoms with Crippen LogP contribution in [0.4, 0.5) is 10.1 Å². The zero-order valence-corrected chi connectivity index (χ0v) is 11.4. The van der Waals surface area contributed by atoms with Crippen LogP contribution in [-0.2, 0) is 17.8 Å². The van der Waals surface area contributed by atoms with Crippen LogP contribution in [0.15, 0.2) is 18.2 Å². The van der Waals surface area contributed by atoms with Crippen molar-refractivity contribution in [2.45, 2.75) is 33.2 Å². The molecule has 0 aliphatic heterocycles. The Kier molecular flexibility index (Phi) is 4.39. The number of carbonyl (C=O) groups is 1. The fraction of sp³-hybridized carbons (Fsp3) is 0.385. The predicted molar refractivity (Wildman–Crippen MR) is 71.6 cm³/mol. The van der Waals surface area contributed by atoms with Crippen molar-refractivity contribution in [3.05, 3.63) is 35.4 Å². The van der Waals surface area contributed by atoms with Crippen LogP contribution in [0.5, 0.6) is 0 Å². The van der Waals surface area contributed by atoms with Gasteiger partial charge in [-0.25, -0.2) is 9.07 Å². The maximum absolute atomic E-state index is 13.4. The standard InChI is InChI=1S/C13H16FN5O/c1-3-4-12-16-17-18-19(12)8-13(20)15-10-6-5-9(2)11(14)7-10/h5-7H,3-4,8H2,1-2H3,(H,15,20). The Morgan fingerprint density at radius 2 is 2.25 bits per heavy atom. The number of hydrogen-bond donors (Lipinski definition) is 1. The summed E-state index contributed by atoms with van der Waals surface area (Å²) in [6, 6.07) is 4.56. The molecule has 0 saturated heterocycles. The van der Waals surface area contributed by atoms with Gasteiger partial charge in [-0.3, -0.25) is 4.79 Å². The Labute approximate surface area is 116 Å². The lowest BCUT2D eigenvalue weighted by Crippen LogP contribution is -2.21. The third-order valence-corrected chi connectivity index (χ3v) is 2.83. The minimum absolute atomic E-state index is 0.0117. The highest BCUT2D eigenvalue weighted by atomic mass is 19.1. The molecule has 1 aromatic carbocycles. The van der Waals surface area contributed by atoms with Crippen LogP contribution in [0.25, 0.3) is 0 Å². The van der Waals surface area contributed by atoms with E-state index < -0.39 is 0 Å². The second kappa shape index (κ2) is 6.23. The van der Waals surface area contributed by atoms with Crippen molar-refractivity contribution in [2.24, 2.45) is 0 Å². The van der Waals surface area contributed by atoms with Crippen LogP contribution in [0.2, 0.25) is 0 Å². The van der Waals surface area contributed by atoms with E-state index >= 15 is 0 Å². The maximum Gasteiger partial charge on any atom is 0.246 e. The summed E-state index contributed by atoms with van der Waals surface area (Å²) in [6.45, 7) is 3.69. The lowest BCUT2D eigenvalue weighted by Gasteiger charge is -2.07. The molecule has 1 N–H and O–H groups in total. The van der Waals surface area contributed by atoms with Crippen molar-refractivity contribution in [1.82, 2.24) is 20.2 Å². The molecule has 0 bridgehead atoms. The molecule has 0 unspecified atom stereocenters. The van der Waals surface area contributed by atoms with Gasteiger partial charge in [0.2, 0.25) is 5.91 Å². The van der Waals surface area contributed by atoms with Crippen molar-refractivity contribution in [3.8, 4) is 0 Å². The number of aromatic nitrogens is 4. The van der Waals surface area contributed by atoms with E-state index in [1.54, 1.807) is 19.1 Å². The van der Waals surface area contributed by atoms with E-state index in [0.717, 1.165) is 6.42 Å². The van der Waals surface area contributed by atoms with Gasteiger partial charge in [0, 0.05) is 12.1 Å². The molecule has 0 atom stereocenters. The first kappa shape index (κ1) is 14.1. The van der Waals surface area contributed by atoms with Crippen LogP contribution < -0.4 is 5.32 Å². The van der Waals surface area contributed by atoms with Crippen molar-refractivity contribution in [3.63, 3.8) is 0 Å². The Bertz CT molecular complexity index is 611. The first-order valence-electron chi connectivity index (χ1n) is 6.41. The molecule has 0 aliphatic rings. The monoisotopic (exact) mass is 277 g/mol. The molecule has 0 aliphatic carbocycles. The van der Waals surface area contributed by atoms with Gasteiger partial charge in [-0.15, -0.1) is 5.10 Å². The third-order valence-electron chi connectivity index (χ3n) is 2.83. The minimum atomic E-state index is -0.350. The van der Waals surface area contributed by atoms with Crippen LogP contribution in [0.1, 0.15) is 24.7 Å². The minimum Gasteiger partial charge on any atom is -0.324 e. The summed E-state index contributed by atoms with van der Waals surface area (Å²) in [7, 11) is 0. The van der Waals surface area contributed by atoms with Crippen LogP contribution in [0, 0.1) is 12.7 Å². The van der Waals surface area contributed by atoms with E-state index in [1.165, 1.54) is 10.7 Å². The smallest absolute Gasteiger partial charge is 0.246 e. The summed E-state index contributed by atoms with van der Waals surface area (Å²) in [5.41, 5.74) is 0.955. The van der Waals surface area contributed by atoms with Gasteiger partial charge in [0.05, 0.1) is 0 Å². The molecular weight excluding hydrogens is 261 g/mol. The molecule has 0 radical (unpaired) electrons. The summed E-state index contributed by atoms with van der Waals surface area (Å²) >= 11 is 0. The average molecular weight is 277 g/mol. The van der Waals surface area contributed by atoms with E-state index in [2.05, 4.69) is 20.8 Å². The van der Waals surface area contributed by atoms with Gasteiger partial charge in [-0.05, 0) is 41.5 Å². The number of carbonyl (C=O) groups excluding carboxylic acids is 1. The van der Waals surface area contributed by atoms with Gasteiger partial charge in [0.1, 0.15) is 12.4 Å². The molecule has 0 spiro atoms. The SMILES string of the molecule is CCCc1nnnn1CC(=O)Nc1ccc(C)c(F)c1. The van der Waals surface area contributed by atoms with Crippen molar-refractivity contribution >= 4 is 11.6 Å². The number of benzene rings is 1. The predicted octanol–water partition coefficient (Wildman–Crippen LogP) is 1.71. The summed E-state index contributed by atoms with van der Waals surface area (Å²) in [4.78, 5) is 11.9. The number of amides is 1. The maximum atomic E-state index is 13.4. The van der Waals surface area contributed by atoms with Crippen molar-refractivity contribution < 1.29 is 9.18 Å². The van der Waals surface area contributed by atoms with Gasteiger partial charge >= 0.3 is 0 Å². The second-order valence-electron chi connectivity index (χ2n) is 4.51. The highest BCUT2D eigenvalue weighted by Gasteiger charge is 2.10. The lowest BCUT2D eigenvalue weighted by molar-refractivity contribution is -0.117. The van der Waals surface area contributed by atoms with Gasteiger partial charge in [-0.2, -0.15) is 0 Å². The van der Waals surface area contributed by atoms with E-state index in [0.29, 0.717) is 23.5 Å². The number of nitrogens with zero attached hydrogens (tertiary/aromatic N) is 4. The van der Waals surface area contributed by atoms with E-state index in [9.17, 15) is 9.18 Å². The van der Waals surface area contributed by atoms with Gasteiger partial charge in [0.15, 0.2) is 5.82 Å². The molecule has 6 nitrogen and oxygen atoms in total. The highest BCUT2D eigenvalue weighted by Crippen LogP contribution is 2.13. The summed E-state index contributed by atoms with van der Waals surface area (Å²) in [5, 5.41) is 13.8. The third kappa shape index (κ3) is 3.37. The molecule has 1 amide bonds. The van der Waals surface area contributed by atoms with Gasteiger partial charge in [-0.1, -0.05) is 13.0 Å². The normalized spacial score (nSPS) is 10.6. The number of halogens is 1. The molecular formula is C13H16FN5O. The fourth-order valence-corrected chi connectivity index (χ4v) is 1.76. The van der Waals surface area contributed by atoms with Crippen LogP contribution >= 0.6 is 0 Å².